The van der Waals surface area contributed by atoms with E-state index >= 15 is 0 Å². The summed E-state index contributed by atoms with van der Waals surface area (Å²) >= 11 is 5.87. The van der Waals surface area contributed by atoms with Crippen molar-refractivity contribution in [2.45, 2.75) is 31.7 Å². The molecule has 2 aromatic rings. The molecule has 3 rings (SSSR count). The van der Waals surface area contributed by atoms with E-state index in [1.54, 1.807) is 24.5 Å². The standard InChI is InChI=1S/C20H22ClN3O2/c21-17-4-1-15(2-5-17)3-6-19(25)23-18-9-13-24(14-10-18)20(26)16-7-11-22-12-8-16/h1-2,4-5,7-8,11-12,18H,3,6,9-10,13-14H2,(H,23,25). The van der Waals surface area contributed by atoms with Gasteiger partial charge in [0.05, 0.1) is 0 Å². The predicted molar refractivity (Wildman–Crippen MR) is 101 cm³/mol. The molecule has 2 heterocycles. The fourth-order valence-corrected chi connectivity index (χ4v) is 3.24. The van der Waals surface area contributed by atoms with Gasteiger partial charge in [-0.25, -0.2) is 0 Å². The van der Waals surface area contributed by atoms with Gasteiger partial charge in [-0.15, -0.1) is 0 Å². The summed E-state index contributed by atoms with van der Waals surface area (Å²) in [4.78, 5) is 30.4. The molecule has 136 valence electrons. The molecule has 2 amide bonds. The van der Waals surface area contributed by atoms with Crippen molar-refractivity contribution in [3.8, 4) is 0 Å². The molecule has 0 radical (unpaired) electrons. The van der Waals surface area contributed by atoms with Gasteiger partial charge < -0.3 is 10.2 Å². The first-order chi connectivity index (χ1) is 12.6. The number of piperidine rings is 1. The van der Waals surface area contributed by atoms with E-state index in [0.717, 1.165) is 18.4 Å². The highest BCUT2D eigenvalue weighted by molar-refractivity contribution is 6.30. The zero-order valence-corrected chi connectivity index (χ0v) is 15.3. The molecule has 26 heavy (non-hydrogen) atoms. The summed E-state index contributed by atoms with van der Waals surface area (Å²) in [5.74, 6) is 0.0822. The van der Waals surface area contributed by atoms with Gasteiger partial charge in [-0.3, -0.25) is 14.6 Å². The lowest BCUT2D eigenvalue weighted by Gasteiger charge is -2.32. The Bertz CT molecular complexity index is 741. The first kappa shape index (κ1) is 18.4. The van der Waals surface area contributed by atoms with E-state index < -0.39 is 0 Å². The number of hydrogen-bond acceptors (Lipinski definition) is 3. The lowest BCUT2D eigenvalue weighted by Crippen LogP contribution is -2.46. The molecule has 0 bridgehead atoms. The fraction of sp³-hybridized carbons (Fsp3) is 0.350. The second-order valence-electron chi connectivity index (χ2n) is 6.50. The summed E-state index contributed by atoms with van der Waals surface area (Å²) in [6, 6.07) is 11.2. The third-order valence-corrected chi connectivity index (χ3v) is 4.88. The smallest absolute Gasteiger partial charge is 0.253 e. The highest BCUT2D eigenvalue weighted by Crippen LogP contribution is 2.15. The van der Waals surface area contributed by atoms with Crippen molar-refractivity contribution in [1.82, 2.24) is 15.2 Å². The molecule has 1 saturated heterocycles. The minimum Gasteiger partial charge on any atom is -0.353 e. The molecular formula is C20H22ClN3O2. The number of benzene rings is 1. The van der Waals surface area contributed by atoms with Gasteiger partial charge >= 0.3 is 0 Å². The second kappa shape index (κ2) is 8.81. The van der Waals surface area contributed by atoms with Crippen LogP contribution in [0.1, 0.15) is 35.2 Å². The summed E-state index contributed by atoms with van der Waals surface area (Å²) in [6.07, 6.45) is 5.97. The largest absolute Gasteiger partial charge is 0.353 e. The fourth-order valence-electron chi connectivity index (χ4n) is 3.11. The van der Waals surface area contributed by atoms with Crippen LogP contribution in [0.5, 0.6) is 0 Å². The number of halogens is 1. The Labute approximate surface area is 158 Å². The zero-order chi connectivity index (χ0) is 18.4. The molecule has 5 nitrogen and oxygen atoms in total. The van der Waals surface area contributed by atoms with Crippen LogP contribution in [-0.4, -0.2) is 40.8 Å². The van der Waals surface area contributed by atoms with Crippen molar-refractivity contribution in [3.05, 3.63) is 64.9 Å². The number of rotatable bonds is 5. The van der Waals surface area contributed by atoms with Gasteiger partial charge in [0.1, 0.15) is 0 Å². The van der Waals surface area contributed by atoms with E-state index in [2.05, 4.69) is 10.3 Å². The minimum atomic E-state index is 0.0277. The van der Waals surface area contributed by atoms with Crippen molar-refractivity contribution in [3.63, 3.8) is 0 Å². The van der Waals surface area contributed by atoms with Crippen molar-refractivity contribution in [2.24, 2.45) is 0 Å². The quantitative estimate of drug-likeness (QED) is 0.878. The number of nitrogens with one attached hydrogen (secondary N) is 1. The number of amides is 2. The van der Waals surface area contributed by atoms with Crippen LogP contribution in [0.25, 0.3) is 0 Å². The van der Waals surface area contributed by atoms with Crippen molar-refractivity contribution in [1.29, 1.82) is 0 Å². The molecular weight excluding hydrogens is 350 g/mol. The average molecular weight is 372 g/mol. The first-order valence-corrected chi connectivity index (χ1v) is 9.23. The monoisotopic (exact) mass is 371 g/mol. The summed E-state index contributed by atoms with van der Waals surface area (Å²) < 4.78 is 0. The van der Waals surface area contributed by atoms with Crippen LogP contribution in [-0.2, 0) is 11.2 Å². The summed E-state index contributed by atoms with van der Waals surface area (Å²) in [5.41, 5.74) is 1.76. The molecule has 0 spiro atoms. The highest BCUT2D eigenvalue weighted by Gasteiger charge is 2.24. The zero-order valence-electron chi connectivity index (χ0n) is 14.5. The Morgan fingerprint density at radius 1 is 1.08 bits per heavy atom. The Morgan fingerprint density at radius 2 is 1.73 bits per heavy atom. The van der Waals surface area contributed by atoms with Gasteiger partial charge in [0.15, 0.2) is 0 Å². The van der Waals surface area contributed by atoms with Crippen LogP contribution in [0.2, 0.25) is 5.02 Å². The number of carbonyl (C=O) groups is 2. The van der Waals surface area contributed by atoms with E-state index in [1.165, 1.54) is 0 Å². The molecule has 0 unspecified atom stereocenters. The highest BCUT2D eigenvalue weighted by atomic mass is 35.5. The SMILES string of the molecule is O=C(CCc1ccc(Cl)cc1)NC1CCN(C(=O)c2ccncc2)CC1. The number of carbonyl (C=O) groups excluding carboxylic acids is 2. The van der Waals surface area contributed by atoms with Crippen molar-refractivity contribution in [2.75, 3.05) is 13.1 Å². The topological polar surface area (TPSA) is 62.3 Å². The van der Waals surface area contributed by atoms with E-state index in [-0.39, 0.29) is 17.9 Å². The van der Waals surface area contributed by atoms with Gasteiger partial charge in [0, 0.05) is 48.5 Å². The van der Waals surface area contributed by atoms with Crippen molar-refractivity contribution >= 4 is 23.4 Å². The predicted octanol–water partition coefficient (Wildman–Crippen LogP) is 3.09. The van der Waals surface area contributed by atoms with Gasteiger partial charge in [-0.2, -0.15) is 0 Å². The number of likely N-dealkylation sites (tertiary alicyclic amines) is 1. The Balaban J connectivity index is 1.41. The van der Waals surface area contributed by atoms with Crippen LogP contribution in [0, 0.1) is 0 Å². The molecule has 0 atom stereocenters. The van der Waals surface area contributed by atoms with Crippen LogP contribution in [0.3, 0.4) is 0 Å². The first-order valence-electron chi connectivity index (χ1n) is 8.85. The average Bonchev–Trinajstić information content (AvgIpc) is 2.68. The number of aryl methyl sites for hydroxylation is 1. The molecule has 1 aliphatic rings. The minimum absolute atomic E-state index is 0.0277. The van der Waals surface area contributed by atoms with Crippen LogP contribution in [0.4, 0.5) is 0 Å². The Hall–Kier alpha value is -2.40. The third kappa shape index (κ3) is 5.05. The second-order valence-corrected chi connectivity index (χ2v) is 6.93. The number of hydrogen-bond donors (Lipinski definition) is 1. The maximum Gasteiger partial charge on any atom is 0.253 e. The maximum atomic E-state index is 12.4. The van der Waals surface area contributed by atoms with Gasteiger partial charge in [-0.05, 0) is 49.1 Å². The summed E-state index contributed by atoms with van der Waals surface area (Å²) in [5, 5.41) is 3.79. The molecule has 1 aromatic carbocycles. The van der Waals surface area contributed by atoms with Gasteiger partial charge in [0.25, 0.3) is 5.91 Å². The number of nitrogens with zero attached hydrogens (tertiary/aromatic N) is 2. The van der Waals surface area contributed by atoms with E-state index in [0.29, 0.717) is 36.5 Å². The summed E-state index contributed by atoms with van der Waals surface area (Å²) in [6.45, 7) is 1.31. The molecule has 1 aliphatic heterocycles. The van der Waals surface area contributed by atoms with Crippen LogP contribution in [0.15, 0.2) is 48.8 Å². The van der Waals surface area contributed by atoms with Crippen LogP contribution >= 0.6 is 11.6 Å². The van der Waals surface area contributed by atoms with Crippen LogP contribution < -0.4 is 5.32 Å². The Morgan fingerprint density at radius 3 is 2.38 bits per heavy atom. The molecule has 0 saturated carbocycles. The van der Waals surface area contributed by atoms with E-state index in [1.807, 2.05) is 29.2 Å². The summed E-state index contributed by atoms with van der Waals surface area (Å²) in [7, 11) is 0. The lowest BCUT2D eigenvalue weighted by molar-refractivity contribution is -0.122. The van der Waals surface area contributed by atoms with Gasteiger partial charge in [0.2, 0.25) is 5.91 Å². The molecule has 1 fully saturated rings. The third-order valence-electron chi connectivity index (χ3n) is 4.63. The van der Waals surface area contributed by atoms with Gasteiger partial charge in [-0.1, -0.05) is 23.7 Å². The molecule has 0 aliphatic carbocycles. The number of aromatic nitrogens is 1. The van der Waals surface area contributed by atoms with E-state index in [4.69, 9.17) is 11.6 Å². The molecule has 1 N–H and O–H groups in total. The maximum absolute atomic E-state index is 12.4. The molecule has 1 aromatic heterocycles. The molecule has 6 heteroatoms. The normalized spacial score (nSPS) is 14.9. The number of pyridine rings is 1. The lowest BCUT2D eigenvalue weighted by atomic mass is 10.0. The Kier molecular flexibility index (Phi) is 6.23. The van der Waals surface area contributed by atoms with E-state index in [9.17, 15) is 9.59 Å². The van der Waals surface area contributed by atoms with Crippen molar-refractivity contribution < 1.29 is 9.59 Å².